The van der Waals surface area contributed by atoms with E-state index in [1.165, 1.54) is 6.08 Å². The van der Waals surface area contributed by atoms with Crippen LogP contribution >= 0.6 is 0 Å². The standard InChI is InChI=1S/C24H20N2O4S.5C2H6/c1-15-20(6-3-13-25-15)30-21-5-2-4-18-19(21)11-12-22(18)29-17-9-7-16(8-10-17)23-14-24(27)26-31(23)28;5*1-2/h2-10,13-14,22H,11-12H2,1H3,(H,26,27);5*1-2H3. The van der Waals surface area contributed by atoms with E-state index in [-0.39, 0.29) is 12.0 Å². The number of aryl methyl sites for hydroxylation is 1. The van der Waals surface area contributed by atoms with Gasteiger partial charge in [0, 0.05) is 17.8 Å². The Morgan fingerprint density at radius 3 is 2.00 bits per heavy atom. The Balaban J connectivity index is 0.00000145. The molecule has 1 aliphatic heterocycles. The lowest BCUT2D eigenvalue weighted by atomic mass is 10.1. The van der Waals surface area contributed by atoms with E-state index in [0.29, 0.717) is 4.91 Å². The summed E-state index contributed by atoms with van der Waals surface area (Å²) in [4.78, 5) is 16.2. The quantitative estimate of drug-likeness (QED) is 0.324. The normalized spacial score (nSPS) is 15.5. The van der Waals surface area contributed by atoms with Gasteiger partial charge in [-0.3, -0.25) is 14.5 Å². The number of rotatable bonds is 5. The molecule has 2 aromatic carbocycles. The van der Waals surface area contributed by atoms with Crippen molar-refractivity contribution >= 4 is 21.8 Å². The molecule has 41 heavy (non-hydrogen) atoms. The third-order valence-corrected chi connectivity index (χ3v) is 6.56. The van der Waals surface area contributed by atoms with E-state index >= 15 is 0 Å². The molecule has 0 radical (unpaired) electrons. The van der Waals surface area contributed by atoms with Crippen LogP contribution in [0.5, 0.6) is 17.2 Å². The van der Waals surface area contributed by atoms with Crippen LogP contribution in [0.25, 0.3) is 4.91 Å². The van der Waals surface area contributed by atoms with E-state index in [4.69, 9.17) is 9.47 Å². The second-order valence-electron chi connectivity index (χ2n) is 7.43. The largest absolute Gasteiger partial charge is 0.486 e. The molecule has 7 heteroatoms. The summed E-state index contributed by atoms with van der Waals surface area (Å²) in [6, 6.07) is 17.1. The van der Waals surface area contributed by atoms with Crippen molar-refractivity contribution in [2.75, 3.05) is 0 Å². The molecule has 3 aromatic rings. The summed E-state index contributed by atoms with van der Waals surface area (Å²) in [6.07, 6.45) is 4.78. The number of nitrogens with one attached hydrogen (secondary N) is 1. The van der Waals surface area contributed by atoms with Gasteiger partial charge in [0.2, 0.25) is 0 Å². The van der Waals surface area contributed by atoms with Crippen molar-refractivity contribution in [3.05, 3.63) is 89.3 Å². The van der Waals surface area contributed by atoms with Crippen LogP contribution in [0.2, 0.25) is 0 Å². The van der Waals surface area contributed by atoms with Crippen molar-refractivity contribution in [3.63, 3.8) is 0 Å². The molecule has 2 aliphatic rings. The van der Waals surface area contributed by atoms with Gasteiger partial charge in [0.1, 0.15) is 23.4 Å². The number of nitrogens with zero attached hydrogens (tertiary/aromatic N) is 1. The highest BCUT2D eigenvalue weighted by atomic mass is 32.2. The van der Waals surface area contributed by atoms with Crippen LogP contribution in [0.3, 0.4) is 0 Å². The van der Waals surface area contributed by atoms with Gasteiger partial charge in [-0.25, -0.2) is 4.21 Å². The van der Waals surface area contributed by atoms with Crippen molar-refractivity contribution in [1.82, 2.24) is 9.71 Å². The zero-order valence-electron chi connectivity index (χ0n) is 26.8. The summed E-state index contributed by atoms with van der Waals surface area (Å²) in [5, 5.41) is 0. The first kappa shape index (κ1) is 37.6. The number of hydrogen-bond acceptors (Lipinski definition) is 5. The van der Waals surface area contributed by atoms with E-state index in [2.05, 4.69) is 15.8 Å². The van der Waals surface area contributed by atoms with Gasteiger partial charge in [0.15, 0.2) is 11.0 Å². The van der Waals surface area contributed by atoms with Gasteiger partial charge in [-0.15, -0.1) is 0 Å². The lowest BCUT2D eigenvalue weighted by Crippen LogP contribution is -2.16. The third-order valence-electron chi connectivity index (χ3n) is 5.42. The van der Waals surface area contributed by atoms with E-state index in [0.717, 1.165) is 52.5 Å². The molecule has 0 spiro atoms. The highest BCUT2D eigenvalue weighted by Crippen LogP contribution is 2.41. The number of hydrogen-bond donors (Lipinski definition) is 1. The van der Waals surface area contributed by atoms with Crippen LogP contribution < -0.4 is 14.2 Å². The van der Waals surface area contributed by atoms with Crippen molar-refractivity contribution < 1.29 is 18.5 Å². The van der Waals surface area contributed by atoms with Gasteiger partial charge >= 0.3 is 0 Å². The zero-order chi connectivity index (χ0) is 31.4. The second kappa shape index (κ2) is 21.3. The van der Waals surface area contributed by atoms with Crippen molar-refractivity contribution in [3.8, 4) is 17.2 Å². The highest BCUT2D eigenvalue weighted by molar-refractivity contribution is 7.93. The van der Waals surface area contributed by atoms with Crippen molar-refractivity contribution in [2.24, 2.45) is 0 Å². The van der Waals surface area contributed by atoms with Crippen LogP contribution in [-0.2, 0) is 22.2 Å². The molecule has 1 amide bonds. The predicted molar refractivity (Wildman–Crippen MR) is 175 cm³/mol. The molecular formula is C34H50N2O4S. The summed E-state index contributed by atoms with van der Waals surface area (Å²) in [5.74, 6) is 1.97. The lowest BCUT2D eigenvalue weighted by Gasteiger charge is -2.16. The maximum absolute atomic E-state index is 11.9. The Morgan fingerprint density at radius 2 is 1.44 bits per heavy atom. The molecule has 1 aliphatic carbocycles. The fraction of sp³-hybridized carbons (Fsp3) is 0.412. The molecule has 2 heterocycles. The fourth-order valence-electron chi connectivity index (χ4n) is 3.90. The molecule has 0 saturated heterocycles. The number of pyridine rings is 1. The molecular weight excluding hydrogens is 532 g/mol. The second-order valence-corrected chi connectivity index (χ2v) is 8.61. The van der Waals surface area contributed by atoms with Crippen LogP contribution in [0.1, 0.15) is 104 Å². The molecule has 0 bridgehead atoms. The first-order chi connectivity index (χ1) is 20.1. The van der Waals surface area contributed by atoms with Gasteiger partial charge in [-0.05, 0) is 61.2 Å². The van der Waals surface area contributed by atoms with Gasteiger partial charge in [0.05, 0.1) is 10.6 Å². The number of amides is 1. The number of carbonyl (C=O) groups is 1. The van der Waals surface area contributed by atoms with E-state index in [1.807, 2.05) is 125 Å². The van der Waals surface area contributed by atoms with Gasteiger partial charge in [-0.1, -0.05) is 93.5 Å². The third kappa shape index (κ3) is 10.5. The molecule has 226 valence electrons. The van der Waals surface area contributed by atoms with Crippen LogP contribution in [0, 0.1) is 6.92 Å². The zero-order valence-corrected chi connectivity index (χ0v) is 27.6. The molecule has 0 fully saturated rings. The summed E-state index contributed by atoms with van der Waals surface area (Å²) in [6.45, 7) is 21.9. The fourth-order valence-corrected chi connectivity index (χ4v) is 4.81. The smallest absolute Gasteiger partial charge is 0.257 e. The summed E-state index contributed by atoms with van der Waals surface area (Å²) in [7, 11) is -1.50. The van der Waals surface area contributed by atoms with Crippen LogP contribution in [0.15, 0.2) is 66.9 Å². The summed E-state index contributed by atoms with van der Waals surface area (Å²) < 4.78 is 26.7. The van der Waals surface area contributed by atoms with Gasteiger partial charge < -0.3 is 9.47 Å². The average molecular weight is 583 g/mol. The summed E-state index contributed by atoms with van der Waals surface area (Å²) in [5.41, 5.74) is 3.86. The lowest BCUT2D eigenvalue weighted by molar-refractivity contribution is -0.114. The number of ether oxygens (including phenoxy) is 2. The van der Waals surface area contributed by atoms with Crippen LogP contribution in [-0.4, -0.2) is 15.1 Å². The Bertz CT molecular complexity index is 1220. The van der Waals surface area contributed by atoms with E-state index in [9.17, 15) is 9.00 Å². The first-order valence-corrected chi connectivity index (χ1v) is 16.2. The Labute approximate surface area is 251 Å². The Morgan fingerprint density at radius 1 is 0.829 bits per heavy atom. The number of fused-ring (bicyclic) bond motifs is 1. The van der Waals surface area contributed by atoms with E-state index in [1.54, 1.807) is 6.20 Å². The number of carbonyl (C=O) groups excluding carboxylic acids is 1. The predicted octanol–water partition coefficient (Wildman–Crippen LogP) is 9.51. The topological polar surface area (TPSA) is 77.5 Å². The number of benzene rings is 2. The SMILES string of the molecule is CC.CC.CC.CC.CC.Cc1ncccc1Oc1cccc2c1CCC2Oc1ccc(C2=CC(=O)NS2=O)cc1. The minimum Gasteiger partial charge on any atom is -0.486 e. The molecule has 1 N–H and O–H groups in total. The Kier molecular flexibility index (Phi) is 19.5. The summed E-state index contributed by atoms with van der Waals surface area (Å²) >= 11 is 0. The molecule has 0 saturated carbocycles. The maximum atomic E-state index is 11.9. The number of aromatic nitrogens is 1. The van der Waals surface area contributed by atoms with Crippen LogP contribution in [0.4, 0.5) is 0 Å². The molecule has 2 unspecified atom stereocenters. The monoisotopic (exact) mass is 582 g/mol. The maximum Gasteiger partial charge on any atom is 0.257 e. The van der Waals surface area contributed by atoms with Crippen molar-refractivity contribution in [1.29, 1.82) is 0 Å². The molecule has 6 nitrogen and oxygen atoms in total. The minimum atomic E-state index is -1.50. The molecule has 5 rings (SSSR count). The Hall–Kier alpha value is -3.45. The van der Waals surface area contributed by atoms with Gasteiger partial charge in [0.25, 0.3) is 5.91 Å². The van der Waals surface area contributed by atoms with Gasteiger partial charge in [-0.2, -0.15) is 0 Å². The molecule has 1 aromatic heterocycles. The first-order valence-electron chi connectivity index (χ1n) is 15.0. The minimum absolute atomic E-state index is 0.0672. The van der Waals surface area contributed by atoms with Crippen molar-refractivity contribution in [2.45, 2.75) is 95.1 Å². The highest BCUT2D eigenvalue weighted by Gasteiger charge is 2.27. The average Bonchev–Trinajstić information content (AvgIpc) is 3.62. The molecule has 2 atom stereocenters. The van der Waals surface area contributed by atoms with E-state index < -0.39 is 11.0 Å².